The maximum atomic E-state index is 8.97. The standard InChI is InChI=1S/C4H11N2OP/c1-5-4-8(7)6(2)3/h4,7H,1-3H3. The molecule has 48 valence electrons. The molecule has 0 bridgehead atoms. The predicted octanol–water partition coefficient (Wildman–Crippen LogP) is 0.510. The lowest BCUT2D eigenvalue weighted by molar-refractivity contribution is 0.544. The highest BCUT2D eigenvalue weighted by Gasteiger charge is 1.99. The molecule has 0 aliphatic carbocycles. The second-order valence-corrected chi connectivity index (χ2v) is 3.21. The summed E-state index contributed by atoms with van der Waals surface area (Å²) in [5.74, 6) is 1.54. The maximum Gasteiger partial charge on any atom is 0.145 e. The zero-order chi connectivity index (χ0) is 6.57. The minimum Gasteiger partial charge on any atom is -0.355 e. The number of hydrogen-bond donors (Lipinski definition) is 1. The van der Waals surface area contributed by atoms with Gasteiger partial charge in [-0.1, -0.05) is 0 Å². The summed E-state index contributed by atoms with van der Waals surface area (Å²) in [5.41, 5.74) is 0. The molecule has 0 rings (SSSR count). The summed E-state index contributed by atoms with van der Waals surface area (Å²) in [5, 5.41) is 0. The summed E-state index contributed by atoms with van der Waals surface area (Å²) >= 11 is 0. The van der Waals surface area contributed by atoms with Crippen molar-refractivity contribution < 1.29 is 4.89 Å². The van der Waals surface area contributed by atoms with Gasteiger partial charge in [-0.05, 0) is 14.1 Å². The molecule has 0 spiro atoms. The molecule has 0 heterocycles. The van der Waals surface area contributed by atoms with Gasteiger partial charge in [0.15, 0.2) is 0 Å². The topological polar surface area (TPSA) is 35.8 Å². The largest absolute Gasteiger partial charge is 0.355 e. The van der Waals surface area contributed by atoms with Gasteiger partial charge in [0, 0.05) is 7.05 Å². The SMILES string of the molecule is CN=CP(O)N(C)C. The van der Waals surface area contributed by atoms with Gasteiger partial charge >= 0.3 is 0 Å². The average molecular weight is 134 g/mol. The van der Waals surface area contributed by atoms with Crippen LogP contribution in [-0.2, 0) is 0 Å². The molecule has 0 fully saturated rings. The van der Waals surface area contributed by atoms with Crippen LogP contribution in [0.4, 0.5) is 0 Å². The van der Waals surface area contributed by atoms with Crippen LogP contribution < -0.4 is 0 Å². The molecule has 0 amide bonds. The van der Waals surface area contributed by atoms with Crippen LogP contribution in [0.25, 0.3) is 0 Å². The van der Waals surface area contributed by atoms with Gasteiger partial charge in [0.2, 0.25) is 0 Å². The monoisotopic (exact) mass is 134 g/mol. The van der Waals surface area contributed by atoms with Crippen LogP contribution in [0.5, 0.6) is 0 Å². The van der Waals surface area contributed by atoms with Gasteiger partial charge in [-0.2, -0.15) is 0 Å². The van der Waals surface area contributed by atoms with Crippen molar-refractivity contribution in [2.24, 2.45) is 4.99 Å². The Morgan fingerprint density at radius 1 is 1.62 bits per heavy atom. The number of nitrogens with zero attached hydrogens (tertiary/aromatic N) is 2. The van der Waals surface area contributed by atoms with E-state index in [9.17, 15) is 0 Å². The lowest BCUT2D eigenvalue weighted by Crippen LogP contribution is -2.03. The first-order valence-electron chi connectivity index (χ1n) is 2.26. The minimum absolute atomic E-state index is 1.10. The molecule has 1 atom stereocenters. The van der Waals surface area contributed by atoms with Gasteiger partial charge < -0.3 is 4.89 Å². The van der Waals surface area contributed by atoms with Crippen LogP contribution in [0.2, 0.25) is 0 Å². The summed E-state index contributed by atoms with van der Waals surface area (Å²) in [6.07, 6.45) is 0. The summed E-state index contributed by atoms with van der Waals surface area (Å²) in [7, 11) is 4.18. The molecule has 0 radical (unpaired) electrons. The van der Waals surface area contributed by atoms with E-state index in [0.717, 1.165) is 0 Å². The molecule has 8 heavy (non-hydrogen) atoms. The second kappa shape index (κ2) is 3.96. The van der Waals surface area contributed by atoms with Crippen molar-refractivity contribution in [1.82, 2.24) is 4.67 Å². The number of hydrogen-bond acceptors (Lipinski definition) is 3. The minimum atomic E-state index is -1.10. The first-order chi connectivity index (χ1) is 3.68. The van der Waals surface area contributed by atoms with Gasteiger partial charge in [-0.15, -0.1) is 0 Å². The van der Waals surface area contributed by atoms with Crippen LogP contribution in [0.3, 0.4) is 0 Å². The van der Waals surface area contributed by atoms with E-state index in [1.165, 1.54) is 5.96 Å². The molecule has 1 N–H and O–H groups in total. The third-order valence-electron chi connectivity index (χ3n) is 0.629. The first kappa shape index (κ1) is 8.02. The Morgan fingerprint density at radius 2 is 2.12 bits per heavy atom. The molecule has 4 heteroatoms. The van der Waals surface area contributed by atoms with Crippen molar-refractivity contribution in [1.29, 1.82) is 0 Å². The summed E-state index contributed by atoms with van der Waals surface area (Å²) in [4.78, 5) is 12.6. The summed E-state index contributed by atoms with van der Waals surface area (Å²) in [6.45, 7) is 0. The zero-order valence-corrected chi connectivity index (χ0v) is 6.26. The summed E-state index contributed by atoms with van der Waals surface area (Å²) in [6, 6.07) is 0. The van der Waals surface area contributed by atoms with Crippen LogP contribution in [0.15, 0.2) is 4.99 Å². The van der Waals surface area contributed by atoms with E-state index < -0.39 is 8.30 Å². The van der Waals surface area contributed by atoms with Gasteiger partial charge in [0.25, 0.3) is 0 Å². The Kier molecular flexibility index (Phi) is 3.97. The fraction of sp³-hybridized carbons (Fsp3) is 0.750. The highest BCUT2D eigenvalue weighted by molar-refractivity contribution is 7.65. The lowest BCUT2D eigenvalue weighted by atomic mass is 11.3. The molecule has 0 saturated carbocycles. The van der Waals surface area contributed by atoms with Crippen LogP contribution in [0.1, 0.15) is 0 Å². The Labute approximate surface area is 50.9 Å². The third kappa shape index (κ3) is 3.08. The van der Waals surface area contributed by atoms with Crippen molar-refractivity contribution in [3.05, 3.63) is 0 Å². The first-order valence-corrected chi connectivity index (χ1v) is 3.57. The Morgan fingerprint density at radius 3 is 2.25 bits per heavy atom. The maximum absolute atomic E-state index is 8.97. The van der Waals surface area contributed by atoms with E-state index in [1.807, 2.05) is 14.1 Å². The van der Waals surface area contributed by atoms with Crippen molar-refractivity contribution in [2.45, 2.75) is 0 Å². The van der Waals surface area contributed by atoms with Gasteiger partial charge in [0.1, 0.15) is 8.30 Å². The van der Waals surface area contributed by atoms with E-state index >= 15 is 0 Å². The fourth-order valence-electron chi connectivity index (χ4n) is 0.207. The van der Waals surface area contributed by atoms with Crippen molar-refractivity contribution >= 4 is 14.3 Å². The normalized spacial score (nSPS) is 15.6. The molecule has 0 aromatic heterocycles. The van der Waals surface area contributed by atoms with Gasteiger partial charge in [-0.25, -0.2) is 0 Å². The molecule has 0 saturated heterocycles. The molecule has 0 aliphatic rings. The number of rotatable bonds is 2. The lowest BCUT2D eigenvalue weighted by Gasteiger charge is -2.10. The van der Waals surface area contributed by atoms with E-state index in [-0.39, 0.29) is 0 Å². The van der Waals surface area contributed by atoms with E-state index in [2.05, 4.69) is 4.99 Å². The van der Waals surface area contributed by atoms with E-state index in [1.54, 1.807) is 11.7 Å². The van der Waals surface area contributed by atoms with Crippen LogP contribution >= 0.6 is 8.30 Å². The van der Waals surface area contributed by atoms with Crippen molar-refractivity contribution in [3.63, 3.8) is 0 Å². The second-order valence-electron chi connectivity index (χ2n) is 1.54. The predicted molar refractivity (Wildman–Crippen MR) is 37.2 cm³/mol. The summed E-state index contributed by atoms with van der Waals surface area (Å²) < 4.78 is 1.72. The molecule has 3 nitrogen and oxygen atoms in total. The smallest absolute Gasteiger partial charge is 0.145 e. The van der Waals surface area contributed by atoms with Crippen LogP contribution in [-0.4, -0.2) is 36.7 Å². The van der Waals surface area contributed by atoms with Crippen molar-refractivity contribution in [2.75, 3.05) is 21.1 Å². The zero-order valence-electron chi connectivity index (χ0n) is 5.37. The average Bonchev–Trinajstić information content (AvgIpc) is 1.67. The van der Waals surface area contributed by atoms with E-state index in [0.29, 0.717) is 0 Å². The van der Waals surface area contributed by atoms with Crippen molar-refractivity contribution in [3.8, 4) is 0 Å². The van der Waals surface area contributed by atoms with E-state index in [4.69, 9.17) is 4.89 Å². The fourth-order valence-corrected chi connectivity index (χ4v) is 0.620. The highest BCUT2D eigenvalue weighted by Crippen LogP contribution is 2.27. The molecular weight excluding hydrogens is 123 g/mol. The Bertz CT molecular complexity index is 84.1. The van der Waals surface area contributed by atoms with Gasteiger partial charge in [-0.3, -0.25) is 9.66 Å². The molecule has 0 aliphatic heterocycles. The number of aliphatic imine (C=N–C) groups is 1. The molecule has 0 aromatic carbocycles. The highest BCUT2D eigenvalue weighted by atomic mass is 31.2. The molecule has 1 unspecified atom stereocenters. The molecular formula is C4H11N2OP. The quantitative estimate of drug-likeness (QED) is 0.441. The Hall–Kier alpha value is 0.0200. The van der Waals surface area contributed by atoms with Crippen LogP contribution in [0, 0.1) is 0 Å². The van der Waals surface area contributed by atoms with Gasteiger partial charge in [0.05, 0.1) is 5.96 Å². The molecule has 0 aromatic rings. The Balaban J connectivity index is 3.47. The third-order valence-corrected chi connectivity index (χ3v) is 1.89.